The Labute approximate surface area is 176 Å². The van der Waals surface area contributed by atoms with Gasteiger partial charge in [0, 0.05) is 37.3 Å². The van der Waals surface area contributed by atoms with E-state index in [2.05, 4.69) is 10.0 Å². The lowest BCUT2D eigenvalue weighted by Gasteiger charge is -2.14. The predicted octanol–water partition coefficient (Wildman–Crippen LogP) is 2.59. The van der Waals surface area contributed by atoms with Gasteiger partial charge in [-0.2, -0.15) is 0 Å². The van der Waals surface area contributed by atoms with Crippen molar-refractivity contribution in [3.8, 4) is 11.5 Å². The van der Waals surface area contributed by atoms with E-state index in [9.17, 15) is 13.2 Å². The maximum Gasteiger partial charge on any atom is 0.255 e. The number of rotatable bonds is 9. The Balaban J connectivity index is 1.76. The third-order valence-corrected chi connectivity index (χ3v) is 6.05. The van der Waals surface area contributed by atoms with Crippen molar-refractivity contribution < 1.29 is 27.4 Å². The highest BCUT2D eigenvalue weighted by molar-refractivity contribution is 7.89. The van der Waals surface area contributed by atoms with Crippen LogP contribution >= 0.6 is 0 Å². The Morgan fingerprint density at radius 2 is 1.97 bits per heavy atom. The molecule has 162 valence electrons. The first-order chi connectivity index (χ1) is 14.3. The van der Waals surface area contributed by atoms with Crippen LogP contribution in [0.3, 0.4) is 0 Å². The van der Waals surface area contributed by atoms with E-state index in [0.29, 0.717) is 23.6 Å². The molecule has 1 heterocycles. The summed E-state index contributed by atoms with van der Waals surface area (Å²) in [4.78, 5) is 12.8. The fraction of sp³-hybridized carbons (Fsp3) is 0.381. The first kappa shape index (κ1) is 22.1. The minimum atomic E-state index is -3.66. The molecule has 0 saturated carbocycles. The Bertz CT molecular complexity index is 1000. The average Bonchev–Trinajstić information content (AvgIpc) is 3.07. The van der Waals surface area contributed by atoms with Gasteiger partial charge in [0.15, 0.2) is 0 Å². The molecule has 8 nitrogen and oxygen atoms in total. The molecule has 1 amide bonds. The number of benzene rings is 2. The van der Waals surface area contributed by atoms with Gasteiger partial charge in [-0.25, -0.2) is 13.1 Å². The molecule has 30 heavy (non-hydrogen) atoms. The van der Waals surface area contributed by atoms with Crippen molar-refractivity contribution >= 4 is 21.6 Å². The smallest absolute Gasteiger partial charge is 0.255 e. The Morgan fingerprint density at radius 1 is 1.23 bits per heavy atom. The molecular weight excluding hydrogens is 408 g/mol. The summed E-state index contributed by atoms with van der Waals surface area (Å²) in [5, 5.41) is 2.83. The fourth-order valence-electron chi connectivity index (χ4n) is 3.15. The van der Waals surface area contributed by atoms with Crippen molar-refractivity contribution in [1.29, 1.82) is 0 Å². The molecular formula is C21H26N2O6S. The summed E-state index contributed by atoms with van der Waals surface area (Å²) in [6.45, 7) is 4.75. The summed E-state index contributed by atoms with van der Waals surface area (Å²) in [5.74, 6) is 0.923. The van der Waals surface area contributed by atoms with Crippen LogP contribution in [0.15, 0.2) is 41.3 Å². The molecule has 0 fully saturated rings. The van der Waals surface area contributed by atoms with Gasteiger partial charge in [-0.1, -0.05) is 0 Å². The second-order valence-corrected chi connectivity index (χ2v) is 8.66. The molecule has 0 spiro atoms. The lowest BCUT2D eigenvalue weighted by atomic mass is 10.1. The van der Waals surface area contributed by atoms with Gasteiger partial charge in [-0.15, -0.1) is 0 Å². The maximum atomic E-state index is 12.7. The maximum absolute atomic E-state index is 12.7. The first-order valence-electron chi connectivity index (χ1n) is 9.70. The number of hydrogen-bond acceptors (Lipinski definition) is 6. The monoisotopic (exact) mass is 434 g/mol. The highest BCUT2D eigenvalue weighted by Gasteiger charge is 2.23. The van der Waals surface area contributed by atoms with Crippen molar-refractivity contribution in [2.45, 2.75) is 31.3 Å². The number of amides is 1. The number of nitrogens with one attached hydrogen (secondary N) is 2. The third kappa shape index (κ3) is 5.10. The summed E-state index contributed by atoms with van der Waals surface area (Å²) < 4.78 is 43.2. The van der Waals surface area contributed by atoms with Crippen molar-refractivity contribution in [3.05, 3.63) is 47.5 Å². The number of ether oxygens (including phenoxy) is 3. The van der Waals surface area contributed by atoms with Crippen LogP contribution in [0.4, 0.5) is 5.69 Å². The standard InChI is InChI=1S/C21H26N2O6S/c1-4-28-20-12-16-11-14(2)29-19(16)13-18(20)23-21(24)15-5-7-17(8-6-15)30(25,26)22-9-10-27-3/h5-8,12-14,22H,4,9-11H2,1-3H3,(H,23,24). The largest absolute Gasteiger partial charge is 0.492 e. The second kappa shape index (κ2) is 9.46. The molecule has 0 radical (unpaired) electrons. The van der Waals surface area contributed by atoms with Gasteiger partial charge >= 0.3 is 0 Å². The van der Waals surface area contributed by atoms with Gasteiger partial charge in [0.2, 0.25) is 10.0 Å². The minimum Gasteiger partial charge on any atom is -0.492 e. The molecule has 0 aromatic heterocycles. The van der Waals surface area contributed by atoms with Gasteiger partial charge in [0.05, 0.1) is 23.8 Å². The molecule has 1 aliphatic rings. The molecule has 0 aliphatic carbocycles. The first-order valence-corrected chi connectivity index (χ1v) is 11.2. The Morgan fingerprint density at radius 3 is 2.63 bits per heavy atom. The van der Waals surface area contributed by atoms with Crippen molar-refractivity contribution in [1.82, 2.24) is 4.72 Å². The van der Waals surface area contributed by atoms with E-state index in [4.69, 9.17) is 14.2 Å². The molecule has 2 aromatic carbocycles. The van der Waals surface area contributed by atoms with Crippen molar-refractivity contribution in [2.75, 3.05) is 32.2 Å². The highest BCUT2D eigenvalue weighted by Crippen LogP contribution is 2.38. The quantitative estimate of drug-likeness (QED) is 0.588. The van der Waals surface area contributed by atoms with E-state index in [1.165, 1.54) is 31.4 Å². The van der Waals surface area contributed by atoms with Crippen LogP contribution in [-0.4, -0.2) is 47.3 Å². The van der Waals surface area contributed by atoms with Crippen molar-refractivity contribution in [3.63, 3.8) is 0 Å². The summed E-state index contributed by atoms with van der Waals surface area (Å²) in [7, 11) is -2.17. The molecule has 1 atom stereocenters. The van der Waals surface area contributed by atoms with Crippen LogP contribution in [-0.2, 0) is 21.2 Å². The van der Waals surface area contributed by atoms with Gasteiger partial charge in [-0.05, 0) is 44.2 Å². The van der Waals surface area contributed by atoms with Gasteiger partial charge < -0.3 is 19.5 Å². The second-order valence-electron chi connectivity index (χ2n) is 6.89. The normalized spacial score (nSPS) is 15.4. The minimum absolute atomic E-state index is 0.0741. The zero-order valence-corrected chi connectivity index (χ0v) is 18.0. The molecule has 2 aromatic rings. The van der Waals surface area contributed by atoms with E-state index in [1.54, 1.807) is 6.07 Å². The van der Waals surface area contributed by atoms with Crippen LogP contribution in [0.5, 0.6) is 11.5 Å². The fourth-order valence-corrected chi connectivity index (χ4v) is 4.17. The predicted molar refractivity (Wildman–Crippen MR) is 113 cm³/mol. The van der Waals surface area contributed by atoms with Crippen LogP contribution in [0.25, 0.3) is 0 Å². The SMILES string of the molecule is CCOc1cc2c(cc1NC(=O)c1ccc(S(=O)(=O)NCCOC)cc1)OC(C)C2. The number of methoxy groups -OCH3 is 1. The lowest BCUT2D eigenvalue weighted by Crippen LogP contribution is -2.27. The number of hydrogen-bond donors (Lipinski definition) is 2. The van der Waals surface area contributed by atoms with Gasteiger partial charge in [0.1, 0.15) is 17.6 Å². The number of sulfonamides is 1. The number of carbonyl (C=O) groups is 1. The van der Waals surface area contributed by atoms with Crippen LogP contribution in [0, 0.1) is 0 Å². The van der Waals surface area contributed by atoms with E-state index >= 15 is 0 Å². The molecule has 1 unspecified atom stereocenters. The lowest BCUT2D eigenvalue weighted by molar-refractivity contribution is 0.102. The number of anilines is 1. The molecule has 9 heteroatoms. The molecule has 0 saturated heterocycles. The van der Waals surface area contributed by atoms with Gasteiger partial charge in [-0.3, -0.25) is 4.79 Å². The zero-order chi connectivity index (χ0) is 21.7. The summed E-state index contributed by atoms with van der Waals surface area (Å²) in [6, 6.07) is 9.36. The summed E-state index contributed by atoms with van der Waals surface area (Å²) >= 11 is 0. The van der Waals surface area contributed by atoms with E-state index in [0.717, 1.165) is 17.7 Å². The summed E-state index contributed by atoms with van der Waals surface area (Å²) in [5.41, 5.74) is 1.87. The topological polar surface area (TPSA) is 103 Å². The molecule has 2 N–H and O–H groups in total. The van der Waals surface area contributed by atoms with Crippen LogP contribution < -0.4 is 19.5 Å². The van der Waals surface area contributed by atoms with Crippen molar-refractivity contribution in [2.24, 2.45) is 0 Å². The molecule has 1 aliphatic heterocycles. The zero-order valence-electron chi connectivity index (χ0n) is 17.2. The number of carbonyl (C=O) groups excluding carboxylic acids is 1. The summed E-state index contributed by atoms with van der Waals surface area (Å²) in [6.07, 6.45) is 0.866. The van der Waals surface area contributed by atoms with Gasteiger partial charge in [0.25, 0.3) is 5.91 Å². The van der Waals surface area contributed by atoms with E-state index in [1.807, 2.05) is 19.9 Å². The molecule has 3 rings (SSSR count). The van der Waals surface area contributed by atoms with Crippen LogP contribution in [0.2, 0.25) is 0 Å². The van der Waals surface area contributed by atoms with E-state index in [-0.39, 0.29) is 30.1 Å². The highest BCUT2D eigenvalue weighted by atomic mass is 32.2. The number of fused-ring (bicyclic) bond motifs is 1. The molecule has 0 bridgehead atoms. The Hall–Kier alpha value is -2.62. The van der Waals surface area contributed by atoms with E-state index < -0.39 is 10.0 Å². The average molecular weight is 435 g/mol. The third-order valence-electron chi connectivity index (χ3n) is 4.57. The van der Waals surface area contributed by atoms with Crippen LogP contribution in [0.1, 0.15) is 29.8 Å². The Kier molecular flexibility index (Phi) is 6.96.